The Labute approximate surface area is 84.2 Å². The van der Waals surface area contributed by atoms with Gasteiger partial charge >= 0.3 is 0 Å². The molecule has 0 aromatic carbocycles. The zero-order chi connectivity index (χ0) is 9.54. The number of imidazole rings is 1. The highest BCUT2D eigenvalue weighted by atomic mass is 35.5. The molecule has 5 heteroatoms. The molecule has 0 amide bonds. The van der Waals surface area contributed by atoms with Gasteiger partial charge < -0.3 is 0 Å². The van der Waals surface area contributed by atoms with E-state index in [1.54, 1.807) is 0 Å². The van der Waals surface area contributed by atoms with Crippen molar-refractivity contribution in [3.63, 3.8) is 0 Å². The van der Waals surface area contributed by atoms with Crippen molar-refractivity contribution in [3.05, 3.63) is 35.9 Å². The predicted molar refractivity (Wildman–Crippen MR) is 53.3 cm³/mol. The molecule has 0 spiro atoms. The molecule has 4 nitrogen and oxygen atoms in total. The van der Waals surface area contributed by atoms with Crippen LogP contribution in [0, 0.1) is 0 Å². The molecule has 3 aromatic heterocycles. The van der Waals surface area contributed by atoms with E-state index in [0.29, 0.717) is 10.7 Å². The van der Waals surface area contributed by atoms with Gasteiger partial charge in [0.2, 0.25) is 0 Å². The normalized spacial score (nSPS) is 11.2. The van der Waals surface area contributed by atoms with Gasteiger partial charge in [0, 0.05) is 6.20 Å². The number of rotatable bonds is 0. The van der Waals surface area contributed by atoms with E-state index >= 15 is 0 Å². The van der Waals surface area contributed by atoms with Crippen molar-refractivity contribution in [2.24, 2.45) is 0 Å². The van der Waals surface area contributed by atoms with Gasteiger partial charge in [-0.1, -0.05) is 17.7 Å². The van der Waals surface area contributed by atoms with Crippen molar-refractivity contribution < 1.29 is 0 Å². The van der Waals surface area contributed by atoms with E-state index in [2.05, 4.69) is 15.0 Å². The Hall–Kier alpha value is -1.68. The number of nitrogens with zero attached hydrogens (tertiary/aromatic N) is 4. The molecule has 0 radical (unpaired) electrons. The lowest BCUT2D eigenvalue weighted by atomic mass is 10.5. The van der Waals surface area contributed by atoms with Crippen molar-refractivity contribution in [2.45, 2.75) is 0 Å². The molecule has 3 rings (SSSR count). The van der Waals surface area contributed by atoms with Crippen molar-refractivity contribution in [3.8, 4) is 0 Å². The summed E-state index contributed by atoms with van der Waals surface area (Å²) in [6.45, 7) is 0. The third-order valence-electron chi connectivity index (χ3n) is 2.05. The van der Waals surface area contributed by atoms with Gasteiger partial charge in [-0.2, -0.15) is 0 Å². The molecule has 0 aliphatic carbocycles. The summed E-state index contributed by atoms with van der Waals surface area (Å²) in [6.07, 6.45) is 3.33. The maximum absolute atomic E-state index is 5.90. The smallest absolute Gasteiger partial charge is 0.169 e. The lowest BCUT2D eigenvalue weighted by molar-refractivity contribution is 1.15. The molecular formula is C9H5ClN4. The first-order chi connectivity index (χ1) is 6.86. The number of fused-ring (bicyclic) bond motifs is 3. The minimum atomic E-state index is 0.388. The maximum Gasteiger partial charge on any atom is 0.169 e. The molecule has 0 aliphatic rings. The van der Waals surface area contributed by atoms with Gasteiger partial charge in [-0.05, 0) is 12.1 Å². The van der Waals surface area contributed by atoms with Crippen molar-refractivity contribution in [2.75, 3.05) is 0 Å². The minimum Gasteiger partial charge on any atom is -0.284 e. The van der Waals surface area contributed by atoms with Crippen LogP contribution in [-0.2, 0) is 0 Å². The quantitative estimate of drug-likeness (QED) is 0.526. The van der Waals surface area contributed by atoms with Crippen LogP contribution in [0.1, 0.15) is 0 Å². The maximum atomic E-state index is 5.90. The van der Waals surface area contributed by atoms with Crippen molar-refractivity contribution >= 4 is 28.4 Å². The van der Waals surface area contributed by atoms with E-state index in [1.165, 1.54) is 6.33 Å². The Morgan fingerprint density at radius 3 is 3.07 bits per heavy atom. The molecule has 3 aromatic rings. The zero-order valence-corrected chi connectivity index (χ0v) is 7.81. The number of halogens is 1. The summed E-state index contributed by atoms with van der Waals surface area (Å²) in [5, 5.41) is 0.388. The molecule has 14 heavy (non-hydrogen) atoms. The predicted octanol–water partition coefficient (Wildman–Crippen LogP) is 1.93. The average molecular weight is 205 g/mol. The number of pyridine rings is 1. The van der Waals surface area contributed by atoms with E-state index in [-0.39, 0.29) is 0 Å². The molecule has 0 aliphatic heterocycles. The first kappa shape index (κ1) is 7.70. The van der Waals surface area contributed by atoms with Crippen LogP contribution in [0.15, 0.2) is 30.7 Å². The van der Waals surface area contributed by atoms with Crippen LogP contribution in [0.4, 0.5) is 0 Å². The van der Waals surface area contributed by atoms with Crippen LogP contribution < -0.4 is 0 Å². The first-order valence-electron chi connectivity index (χ1n) is 4.09. The fraction of sp³-hybridized carbons (Fsp3) is 0. The Morgan fingerprint density at radius 1 is 1.21 bits per heavy atom. The van der Waals surface area contributed by atoms with E-state index in [9.17, 15) is 0 Å². The number of hydrogen-bond acceptors (Lipinski definition) is 3. The average Bonchev–Trinajstić information content (AvgIpc) is 2.59. The highest BCUT2D eigenvalue weighted by Gasteiger charge is 2.07. The molecule has 0 saturated heterocycles. The summed E-state index contributed by atoms with van der Waals surface area (Å²) >= 11 is 5.90. The Kier molecular flexibility index (Phi) is 1.46. The standard InChI is InChI=1S/C9H5ClN4/c10-8-7-9(12-5-11-8)14-4-2-1-3-6(14)13-7/h1-5H. The van der Waals surface area contributed by atoms with E-state index in [0.717, 1.165) is 11.3 Å². The first-order valence-corrected chi connectivity index (χ1v) is 4.47. The topological polar surface area (TPSA) is 43.1 Å². The molecule has 0 saturated carbocycles. The van der Waals surface area contributed by atoms with Gasteiger partial charge in [0.25, 0.3) is 0 Å². The fourth-order valence-electron chi connectivity index (χ4n) is 1.44. The lowest BCUT2D eigenvalue weighted by Gasteiger charge is -1.92. The Balaban J connectivity index is 2.63. The molecule has 68 valence electrons. The van der Waals surface area contributed by atoms with Gasteiger partial charge in [-0.3, -0.25) is 4.40 Å². The zero-order valence-electron chi connectivity index (χ0n) is 7.05. The highest BCUT2D eigenvalue weighted by Crippen LogP contribution is 2.19. The lowest BCUT2D eigenvalue weighted by Crippen LogP contribution is -1.86. The molecule has 3 heterocycles. The van der Waals surface area contributed by atoms with Crippen molar-refractivity contribution in [1.82, 2.24) is 19.4 Å². The molecule has 0 atom stereocenters. The summed E-state index contributed by atoms with van der Waals surface area (Å²) in [7, 11) is 0. The molecule has 0 fully saturated rings. The van der Waals surface area contributed by atoms with E-state index in [4.69, 9.17) is 11.6 Å². The monoisotopic (exact) mass is 204 g/mol. The molecule has 0 unspecified atom stereocenters. The highest BCUT2D eigenvalue weighted by molar-refractivity contribution is 6.33. The molecular weight excluding hydrogens is 200 g/mol. The second kappa shape index (κ2) is 2.65. The summed E-state index contributed by atoms with van der Waals surface area (Å²) in [6, 6.07) is 5.74. The summed E-state index contributed by atoms with van der Waals surface area (Å²) in [5.74, 6) is 0. The Bertz CT molecular complexity index is 616. The summed E-state index contributed by atoms with van der Waals surface area (Å²) in [4.78, 5) is 12.3. The third-order valence-corrected chi connectivity index (χ3v) is 2.33. The summed E-state index contributed by atoms with van der Waals surface area (Å²) in [5.41, 5.74) is 2.20. The number of hydrogen-bond donors (Lipinski definition) is 0. The van der Waals surface area contributed by atoms with Crippen LogP contribution in [-0.4, -0.2) is 19.4 Å². The SMILES string of the molecule is Clc1ncnc2c1nc1ccccn12. The second-order valence-electron chi connectivity index (χ2n) is 2.88. The van der Waals surface area contributed by atoms with E-state index < -0.39 is 0 Å². The minimum absolute atomic E-state index is 0.388. The van der Waals surface area contributed by atoms with Crippen LogP contribution in [0.2, 0.25) is 5.15 Å². The van der Waals surface area contributed by atoms with Gasteiger partial charge in [0.1, 0.15) is 17.5 Å². The van der Waals surface area contributed by atoms with Gasteiger partial charge in [0.05, 0.1) is 0 Å². The Morgan fingerprint density at radius 2 is 2.14 bits per heavy atom. The summed E-state index contributed by atoms with van der Waals surface area (Å²) < 4.78 is 1.88. The number of aromatic nitrogens is 4. The van der Waals surface area contributed by atoms with E-state index in [1.807, 2.05) is 28.8 Å². The van der Waals surface area contributed by atoms with Crippen molar-refractivity contribution in [1.29, 1.82) is 0 Å². The second-order valence-corrected chi connectivity index (χ2v) is 3.24. The van der Waals surface area contributed by atoms with Gasteiger partial charge in [-0.25, -0.2) is 15.0 Å². The largest absolute Gasteiger partial charge is 0.284 e. The third kappa shape index (κ3) is 0.914. The fourth-order valence-corrected chi connectivity index (χ4v) is 1.61. The van der Waals surface area contributed by atoms with Gasteiger partial charge in [0.15, 0.2) is 10.8 Å². The van der Waals surface area contributed by atoms with Crippen LogP contribution in [0.3, 0.4) is 0 Å². The molecule has 0 N–H and O–H groups in total. The van der Waals surface area contributed by atoms with Gasteiger partial charge in [-0.15, -0.1) is 0 Å². The van der Waals surface area contributed by atoms with Crippen LogP contribution in [0.25, 0.3) is 16.8 Å². The molecule has 0 bridgehead atoms. The van der Waals surface area contributed by atoms with Crippen LogP contribution >= 0.6 is 11.6 Å². The van der Waals surface area contributed by atoms with Crippen LogP contribution in [0.5, 0.6) is 0 Å².